The Labute approximate surface area is 83.1 Å². The van der Waals surface area contributed by atoms with Crippen molar-refractivity contribution in [3.63, 3.8) is 0 Å². The van der Waals surface area contributed by atoms with Gasteiger partial charge in [-0.1, -0.05) is 6.08 Å². The molecule has 2 atom stereocenters. The van der Waals surface area contributed by atoms with Crippen molar-refractivity contribution in [3.05, 3.63) is 24.8 Å². The average molecular weight is 198 g/mol. The zero-order valence-electron chi connectivity index (χ0n) is 8.14. The predicted octanol–water partition coefficient (Wildman–Crippen LogP) is 1.03. The van der Waals surface area contributed by atoms with E-state index >= 15 is 0 Å². The molecular weight excluding hydrogens is 184 g/mol. The van der Waals surface area contributed by atoms with E-state index in [-0.39, 0.29) is 18.4 Å². The summed E-state index contributed by atoms with van der Waals surface area (Å²) in [5, 5.41) is 0. The van der Waals surface area contributed by atoms with Crippen molar-refractivity contribution < 1.29 is 19.0 Å². The third-order valence-electron chi connectivity index (χ3n) is 1.60. The zero-order chi connectivity index (χ0) is 10.4. The van der Waals surface area contributed by atoms with Gasteiger partial charge in [-0.15, -0.1) is 6.58 Å². The molecule has 0 spiro atoms. The van der Waals surface area contributed by atoms with Crippen LogP contribution < -0.4 is 0 Å². The molecule has 14 heavy (non-hydrogen) atoms. The van der Waals surface area contributed by atoms with Crippen LogP contribution in [0.4, 0.5) is 0 Å². The fraction of sp³-hybridized carbons (Fsp3) is 0.500. The van der Waals surface area contributed by atoms with Crippen LogP contribution in [0.1, 0.15) is 6.92 Å². The highest BCUT2D eigenvalue weighted by molar-refractivity contribution is 5.66. The molecule has 1 aliphatic rings. The minimum Gasteiger partial charge on any atom is -0.456 e. The number of carbonyl (C=O) groups is 1. The maximum atomic E-state index is 10.6. The Morgan fingerprint density at radius 3 is 3.00 bits per heavy atom. The molecule has 0 N–H and O–H groups in total. The molecule has 0 bridgehead atoms. The van der Waals surface area contributed by atoms with Crippen LogP contribution in [0.3, 0.4) is 0 Å². The van der Waals surface area contributed by atoms with Gasteiger partial charge in [-0.3, -0.25) is 4.79 Å². The lowest BCUT2D eigenvalue weighted by Gasteiger charge is -2.22. The minimum atomic E-state index is -0.361. The molecule has 4 heteroatoms. The number of rotatable bonds is 4. The summed E-state index contributed by atoms with van der Waals surface area (Å²) in [6.45, 7) is 5.66. The van der Waals surface area contributed by atoms with Crippen LogP contribution in [0, 0.1) is 0 Å². The molecule has 1 heterocycles. The van der Waals surface area contributed by atoms with Crippen molar-refractivity contribution in [3.8, 4) is 0 Å². The lowest BCUT2D eigenvalue weighted by molar-refractivity contribution is -0.159. The van der Waals surface area contributed by atoms with Gasteiger partial charge in [0.25, 0.3) is 0 Å². The summed E-state index contributed by atoms with van der Waals surface area (Å²) in [5.74, 6) is -0.311. The summed E-state index contributed by atoms with van der Waals surface area (Å²) in [5.41, 5.74) is 0. The smallest absolute Gasteiger partial charge is 0.303 e. The van der Waals surface area contributed by atoms with Gasteiger partial charge in [0.2, 0.25) is 0 Å². The molecule has 0 saturated carbocycles. The minimum absolute atomic E-state index is 0.295. The van der Waals surface area contributed by atoms with Crippen LogP contribution >= 0.6 is 0 Å². The molecule has 0 aliphatic carbocycles. The molecule has 0 aromatic carbocycles. The third-order valence-corrected chi connectivity index (χ3v) is 1.60. The normalized spacial score (nSPS) is 25.8. The van der Waals surface area contributed by atoms with E-state index in [0.717, 1.165) is 0 Å². The van der Waals surface area contributed by atoms with Crippen LogP contribution in [0.25, 0.3) is 0 Å². The van der Waals surface area contributed by atoms with Crippen molar-refractivity contribution in [2.75, 3.05) is 13.2 Å². The van der Waals surface area contributed by atoms with Crippen molar-refractivity contribution >= 4 is 5.97 Å². The lowest BCUT2D eigenvalue weighted by atomic mass is 10.3. The average Bonchev–Trinajstić information content (AvgIpc) is 2.16. The number of carbonyl (C=O) groups excluding carboxylic acids is 1. The second-order valence-electron chi connectivity index (χ2n) is 2.86. The van der Waals surface area contributed by atoms with Crippen molar-refractivity contribution in [2.24, 2.45) is 0 Å². The Hall–Kier alpha value is -1.13. The van der Waals surface area contributed by atoms with E-state index in [0.29, 0.717) is 13.2 Å². The molecule has 1 aliphatic heterocycles. The van der Waals surface area contributed by atoms with Gasteiger partial charge in [-0.05, 0) is 12.2 Å². The SMILES string of the molecule is C=CCO[C@@H]1C=C[C@@H](OC(C)=O)CO1. The summed E-state index contributed by atoms with van der Waals surface area (Å²) in [6.07, 6.45) is 4.48. The second kappa shape index (κ2) is 5.57. The predicted molar refractivity (Wildman–Crippen MR) is 50.6 cm³/mol. The number of esters is 1. The van der Waals surface area contributed by atoms with Crippen LogP contribution in [0.5, 0.6) is 0 Å². The van der Waals surface area contributed by atoms with Gasteiger partial charge in [0.05, 0.1) is 13.2 Å². The lowest BCUT2D eigenvalue weighted by Crippen LogP contribution is -2.29. The third kappa shape index (κ3) is 3.72. The zero-order valence-corrected chi connectivity index (χ0v) is 8.14. The molecule has 0 amide bonds. The van der Waals surface area contributed by atoms with E-state index in [4.69, 9.17) is 14.2 Å². The Morgan fingerprint density at radius 2 is 2.50 bits per heavy atom. The second-order valence-corrected chi connectivity index (χ2v) is 2.86. The number of ether oxygens (including phenoxy) is 3. The summed E-state index contributed by atoms with van der Waals surface area (Å²) >= 11 is 0. The molecule has 0 unspecified atom stereocenters. The van der Waals surface area contributed by atoms with Crippen molar-refractivity contribution in [2.45, 2.75) is 19.3 Å². The van der Waals surface area contributed by atoms with Gasteiger partial charge in [-0.2, -0.15) is 0 Å². The molecule has 0 radical (unpaired) electrons. The first-order valence-electron chi connectivity index (χ1n) is 4.42. The van der Waals surface area contributed by atoms with Crippen LogP contribution in [-0.4, -0.2) is 31.6 Å². The largest absolute Gasteiger partial charge is 0.456 e. The van der Waals surface area contributed by atoms with Crippen LogP contribution in [0.15, 0.2) is 24.8 Å². The summed E-state index contributed by atoms with van der Waals surface area (Å²) in [4.78, 5) is 10.6. The number of hydrogen-bond donors (Lipinski definition) is 0. The molecule has 4 nitrogen and oxygen atoms in total. The van der Waals surface area contributed by atoms with Gasteiger partial charge in [-0.25, -0.2) is 0 Å². The van der Waals surface area contributed by atoms with Gasteiger partial charge >= 0.3 is 5.97 Å². The van der Waals surface area contributed by atoms with E-state index in [1.54, 1.807) is 18.2 Å². The maximum Gasteiger partial charge on any atom is 0.303 e. The quantitative estimate of drug-likeness (QED) is 0.500. The van der Waals surface area contributed by atoms with Gasteiger partial charge in [0.1, 0.15) is 6.10 Å². The summed E-state index contributed by atoms with van der Waals surface area (Å²) in [7, 11) is 0. The molecule has 1 rings (SSSR count). The van der Waals surface area contributed by atoms with Crippen LogP contribution in [0.2, 0.25) is 0 Å². The monoisotopic (exact) mass is 198 g/mol. The molecule has 0 aromatic rings. The molecule has 0 aromatic heterocycles. The standard InChI is InChI=1S/C10H14O4/c1-3-6-12-10-5-4-9(7-13-10)14-8(2)11/h3-5,9-10H,1,6-7H2,2H3/t9-,10+/m1/s1. The van der Waals surface area contributed by atoms with E-state index in [1.165, 1.54) is 6.92 Å². The van der Waals surface area contributed by atoms with Crippen molar-refractivity contribution in [1.29, 1.82) is 0 Å². The highest BCUT2D eigenvalue weighted by Crippen LogP contribution is 2.09. The van der Waals surface area contributed by atoms with E-state index in [1.807, 2.05) is 0 Å². The number of hydrogen-bond acceptors (Lipinski definition) is 4. The first-order valence-corrected chi connectivity index (χ1v) is 4.42. The molecule has 78 valence electrons. The summed E-state index contributed by atoms with van der Waals surface area (Å²) in [6, 6.07) is 0. The Bertz CT molecular complexity index is 234. The molecule has 0 saturated heterocycles. The van der Waals surface area contributed by atoms with Crippen molar-refractivity contribution in [1.82, 2.24) is 0 Å². The first kappa shape index (κ1) is 10.9. The Balaban J connectivity index is 2.31. The van der Waals surface area contributed by atoms with Gasteiger partial charge in [0.15, 0.2) is 6.29 Å². The van der Waals surface area contributed by atoms with Crippen LogP contribution in [-0.2, 0) is 19.0 Å². The Morgan fingerprint density at radius 1 is 1.71 bits per heavy atom. The molecular formula is C10H14O4. The highest BCUT2D eigenvalue weighted by Gasteiger charge is 2.17. The Kier molecular flexibility index (Phi) is 4.35. The fourth-order valence-electron chi connectivity index (χ4n) is 1.07. The van der Waals surface area contributed by atoms with E-state index < -0.39 is 0 Å². The van der Waals surface area contributed by atoms with E-state index in [2.05, 4.69) is 6.58 Å². The highest BCUT2D eigenvalue weighted by atomic mass is 16.7. The first-order chi connectivity index (χ1) is 6.72. The van der Waals surface area contributed by atoms with E-state index in [9.17, 15) is 4.79 Å². The topological polar surface area (TPSA) is 44.8 Å². The molecule has 0 fully saturated rings. The van der Waals surface area contributed by atoms with Gasteiger partial charge in [0, 0.05) is 6.92 Å². The van der Waals surface area contributed by atoms with Gasteiger partial charge < -0.3 is 14.2 Å². The summed E-state index contributed by atoms with van der Waals surface area (Å²) < 4.78 is 15.4. The maximum absolute atomic E-state index is 10.6. The fourth-order valence-corrected chi connectivity index (χ4v) is 1.07.